The third-order valence-corrected chi connectivity index (χ3v) is 3.04. The average molecular weight is 316 g/mol. The fourth-order valence-electron chi connectivity index (χ4n) is 1.56. The van der Waals surface area contributed by atoms with Crippen LogP contribution in [0.3, 0.4) is 0 Å². The van der Waals surface area contributed by atoms with Crippen LogP contribution in [0.2, 0.25) is 0 Å². The number of rotatable bonds is 8. The summed E-state index contributed by atoms with van der Waals surface area (Å²) >= 11 is 0. The van der Waals surface area contributed by atoms with Crippen molar-refractivity contribution in [1.29, 1.82) is 0 Å². The maximum Gasteiger partial charge on any atom is 0.265 e. The predicted octanol–water partition coefficient (Wildman–Crippen LogP) is 0.130. The molecule has 0 saturated heterocycles. The van der Waals surface area contributed by atoms with Crippen LogP contribution in [0.15, 0.2) is 24.3 Å². The van der Waals surface area contributed by atoms with E-state index in [0.29, 0.717) is 17.9 Å². The highest BCUT2D eigenvalue weighted by Gasteiger charge is 2.23. The second-order valence-corrected chi connectivity index (χ2v) is 6.41. The lowest BCUT2D eigenvalue weighted by Gasteiger charge is -2.15. The van der Waals surface area contributed by atoms with Gasteiger partial charge in [-0.05, 0) is 31.8 Å². The van der Waals surface area contributed by atoms with Gasteiger partial charge in [0.05, 0.1) is 6.26 Å². The first-order chi connectivity index (χ1) is 9.69. The summed E-state index contributed by atoms with van der Waals surface area (Å²) in [5.41, 5.74) is 5.52. The van der Waals surface area contributed by atoms with Gasteiger partial charge in [-0.3, -0.25) is 8.98 Å². The van der Waals surface area contributed by atoms with Gasteiger partial charge in [-0.15, -0.1) is 0 Å². The van der Waals surface area contributed by atoms with E-state index in [0.717, 1.165) is 12.8 Å². The smallest absolute Gasteiger partial charge is 0.265 e. The van der Waals surface area contributed by atoms with Gasteiger partial charge >= 0.3 is 0 Å². The molecule has 0 fully saturated rings. The summed E-state index contributed by atoms with van der Waals surface area (Å²) in [5, 5.41) is 0. The second-order valence-electron chi connectivity index (χ2n) is 4.81. The number of benzene rings is 1. The highest BCUT2D eigenvalue weighted by Crippen LogP contribution is 2.23. The fourth-order valence-corrected chi connectivity index (χ4v) is 2.11. The van der Waals surface area contributed by atoms with Crippen LogP contribution in [0.1, 0.15) is 11.7 Å². The standard InChI is InChI=1S/C13H20N2O5S/c1-15(2)7-8-19-11-6-4-5-10(9-11)12(13(14)16)20-21(3,17)18/h4-6,9,12H,7-8H2,1-3H3,(H2,14,16). The van der Waals surface area contributed by atoms with E-state index in [2.05, 4.69) is 0 Å². The molecule has 8 heteroatoms. The van der Waals surface area contributed by atoms with Gasteiger partial charge in [0.1, 0.15) is 12.4 Å². The molecule has 1 amide bonds. The van der Waals surface area contributed by atoms with Crippen LogP contribution in [0.4, 0.5) is 0 Å². The van der Waals surface area contributed by atoms with Gasteiger partial charge in [0.2, 0.25) is 0 Å². The zero-order valence-electron chi connectivity index (χ0n) is 12.3. The van der Waals surface area contributed by atoms with Crippen LogP contribution in [-0.4, -0.2) is 52.7 Å². The van der Waals surface area contributed by atoms with Crippen molar-refractivity contribution < 1.29 is 22.1 Å². The maximum absolute atomic E-state index is 11.4. The highest BCUT2D eigenvalue weighted by molar-refractivity contribution is 7.86. The normalized spacial score (nSPS) is 13.1. The third-order valence-electron chi connectivity index (χ3n) is 2.50. The lowest BCUT2D eigenvalue weighted by molar-refractivity contribution is -0.124. The maximum atomic E-state index is 11.4. The molecule has 7 nitrogen and oxygen atoms in total. The number of amides is 1. The number of carbonyl (C=O) groups is 1. The number of ether oxygens (including phenoxy) is 1. The number of hydrogen-bond acceptors (Lipinski definition) is 6. The largest absolute Gasteiger partial charge is 0.492 e. The molecule has 0 aliphatic heterocycles. The van der Waals surface area contributed by atoms with Gasteiger partial charge in [0.15, 0.2) is 6.10 Å². The number of nitrogens with zero attached hydrogens (tertiary/aromatic N) is 1. The van der Waals surface area contributed by atoms with Crippen LogP contribution in [0.5, 0.6) is 5.75 Å². The summed E-state index contributed by atoms with van der Waals surface area (Å²) in [7, 11) is 0.0331. The first-order valence-electron chi connectivity index (χ1n) is 6.24. The Bertz CT molecular complexity index is 586. The molecule has 1 rings (SSSR count). The summed E-state index contributed by atoms with van der Waals surface area (Å²) < 4.78 is 32.6. The van der Waals surface area contributed by atoms with E-state index in [9.17, 15) is 13.2 Å². The Balaban J connectivity index is 2.87. The number of hydrogen-bond donors (Lipinski definition) is 1. The van der Waals surface area contributed by atoms with E-state index < -0.39 is 22.1 Å². The lowest BCUT2D eigenvalue weighted by atomic mass is 10.1. The van der Waals surface area contributed by atoms with Gasteiger partial charge in [-0.2, -0.15) is 8.42 Å². The van der Waals surface area contributed by atoms with Crippen molar-refractivity contribution >= 4 is 16.0 Å². The molecule has 0 radical (unpaired) electrons. The quantitative estimate of drug-likeness (QED) is 0.684. The monoisotopic (exact) mass is 316 g/mol. The molecular formula is C13H20N2O5S. The van der Waals surface area contributed by atoms with Gasteiger partial charge in [-0.25, -0.2) is 0 Å². The van der Waals surface area contributed by atoms with Crippen molar-refractivity contribution in [3.63, 3.8) is 0 Å². The topological polar surface area (TPSA) is 98.9 Å². The van der Waals surface area contributed by atoms with Crippen molar-refractivity contribution in [3.05, 3.63) is 29.8 Å². The van der Waals surface area contributed by atoms with Gasteiger partial charge < -0.3 is 15.4 Å². The molecule has 1 aromatic rings. The summed E-state index contributed by atoms with van der Waals surface area (Å²) in [6.45, 7) is 1.19. The fraction of sp³-hybridized carbons (Fsp3) is 0.462. The second kappa shape index (κ2) is 7.39. The zero-order valence-corrected chi connectivity index (χ0v) is 13.1. The Labute approximate surface area is 124 Å². The third kappa shape index (κ3) is 6.56. The first-order valence-corrected chi connectivity index (χ1v) is 8.06. The molecule has 0 bridgehead atoms. The summed E-state index contributed by atoms with van der Waals surface area (Å²) in [4.78, 5) is 13.3. The summed E-state index contributed by atoms with van der Waals surface area (Å²) in [5.74, 6) is -0.372. The molecule has 1 atom stereocenters. The van der Waals surface area contributed by atoms with Crippen molar-refractivity contribution in [1.82, 2.24) is 4.90 Å². The van der Waals surface area contributed by atoms with E-state index in [1.807, 2.05) is 19.0 Å². The lowest BCUT2D eigenvalue weighted by Crippen LogP contribution is -2.26. The van der Waals surface area contributed by atoms with Crippen molar-refractivity contribution in [2.45, 2.75) is 6.10 Å². The van der Waals surface area contributed by atoms with E-state index in [1.165, 1.54) is 6.07 Å². The Morgan fingerprint density at radius 1 is 1.38 bits per heavy atom. The van der Waals surface area contributed by atoms with Crippen LogP contribution in [0, 0.1) is 0 Å². The molecule has 0 saturated carbocycles. The van der Waals surface area contributed by atoms with Crippen molar-refractivity contribution in [3.8, 4) is 5.75 Å². The molecule has 1 unspecified atom stereocenters. The minimum Gasteiger partial charge on any atom is -0.492 e. The van der Waals surface area contributed by atoms with Crippen LogP contribution in [-0.2, 0) is 19.1 Å². The molecule has 2 N–H and O–H groups in total. The minimum atomic E-state index is -3.81. The van der Waals surface area contributed by atoms with E-state index in [-0.39, 0.29) is 0 Å². The molecule has 118 valence electrons. The zero-order chi connectivity index (χ0) is 16.0. The molecular weight excluding hydrogens is 296 g/mol. The van der Waals surface area contributed by atoms with Gasteiger partial charge in [0, 0.05) is 6.54 Å². The molecule has 1 aromatic carbocycles. The Hall–Kier alpha value is -1.64. The van der Waals surface area contributed by atoms with E-state index >= 15 is 0 Å². The molecule has 0 aliphatic rings. The number of primary amides is 1. The van der Waals surface area contributed by atoms with E-state index in [1.54, 1.807) is 18.2 Å². The summed E-state index contributed by atoms with van der Waals surface area (Å²) in [6, 6.07) is 6.44. The molecule has 21 heavy (non-hydrogen) atoms. The van der Waals surface area contributed by atoms with Crippen molar-refractivity contribution in [2.24, 2.45) is 5.73 Å². The number of likely N-dealkylation sites (N-methyl/N-ethyl adjacent to an activating group) is 1. The molecule has 0 spiro atoms. The van der Waals surface area contributed by atoms with Gasteiger partial charge in [0.25, 0.3) is 16.0 Å². The molecule has 0 heterocycles. The van der Waals surface area contributed by atoms with E-state index in [4.69, 9.17) is 14.7 Å². The minimum absolute atomic E-state index is 0.329. The summed E-state index contributed by atoms with van der Waals surface area (Å²) in [6.07, 6.45) is -0.502. The highest BCUT2D eigenvalue weighted by atomic mass is 32.2. The number of carbonyl (C=O) groups excluding carboxylic acids is 1. The van der Waals surface area contributed by atoms with Crippen LogP contribution < -0.4 is 10.5 Å². The van der Waals surface area contributed by atoms with Gasteiger partial charge in [-0.1, -0.05) is 12.1 Å². The predicted molar refractivity (Wildman–Crippen MR) is 78.4 cm³/mol. The molecule has 0 aliphatic carbocycles. The Kier molecular flexibility index (Phi) is 6.13. The van der Waals surface area contributed by atoms with Crippen molar-refractivity contribution in [2.75, 3.05) is 33.5 Å². The van der Waals surface area contributed by atoms with Crippen LogP contribution in [0.25, 0.3) is 0 Å². The van der Waals surface area contributed by atoms with Crippen LogP contribution >= 0.6 is 0 Å². The molecule has 0 aromatic heterocycles. The number of nitrogens with two attached hydrogens (primary N) is 1. The Morgan fingerprint density at radius 2 is 2.05 bits per heavy atom. The SMILES string of the molecule is CN(C)CCOc1cccc(C(OS(C)(=O)=O)C(N)=O)c1. The Morgan fingerprint density at radius 3 is 2.57 bits per heavy atom. The average Bonchev–Trinajstić information content (AvgIpc) is 2.34. The first kappa shape index (κ1) is 17.4.